The van der Waals surface area contributed by atoms with Gasteiger partial charge in [0.2, 0.25) is 0 Å². The predicted molar refractivity (Wildman–Crippen MR) is 119 cm³/mol. The lowest BCUT2D eigenvalue weighted by atomic mass is 10.1. The lowest BCUT2D eigenvalue weighted by Crippen LogP contribution is -2.01. The van der Waals surface area contributed by atoms with Crippen molar-refractivity contribution in [3.63, 3.8) is 0 Å². The summed E-state index contributed by atoms with van der Waals surface area (Å²) in [5.41, 5.74) is 2.33. The number of carboxylic acid groups (broad SMARTS) is 1. The zero-order valence-electron chi connectivity index (χ0n) is 16.3. The number of carbonyl (C=O) groups is 1. The molecule has 3 aromatic rings. The zero-order valence-corrected chi connectivity index (χ0v) is 17.9. The first-order valence-corrected chi connectivity index (χ1v) is 9.78. The molecular formula is C22H17BrN2O6. The Kier molecular flexibility index (Phi) is 6.99. The molecule has 1 N–H and O–H groups in total. The summed E-state index contributed by atoms with van der Waals surface area (Å²) >= 11 is 3.48. The number of nitrogens with zero attached hydrogens (tertiary/aromatic N) is 2. The van der Waals surface area contributed by atoms with Crippen LogP contribution in [0.2, 0.25) is 0 Å². The summed E-state index contributed by atoms with van der Waals surface area (Å²) < 4.78 is 12.0. The maximum absolute atomic E-state index is 10.9. The van der Waals surface area contributed by atoms with Gasteiger partial charge < -0.3 is 14.6 Å². The third kappa shape index (κ3) is 5.67. The van der Waals surface area contributed by atoms with E-state index in [-0.39, 0.29) is 17.9 Å². The van der Waals surface area contributed by atoms with E-state index in [4.69, 9.17) is 14.6 Å². The molecule has 0 radical (unpaired) electrons. The fraction of sp³-hybridized carbons (Fsp3) is 0.0909. The largest absolute Gasteiger partial charge is 0.493 e. The van der Waals surface area contributed by atoms with Crippen LogP contribution >= 0.6 is 15.9 Å². The van der Waals surface area contributed by atoms with E-state index >= 15 is 0 Å². The van der Waals surface area contributed by atoms with Crippen molar-refractivity contribution in [3.05, 3.63) is 91.9 Å². The van der Waals surface area contributed by atoms with Gasteiger partial charge in [-0.3, -0.25) is 15.1 Å². The summed E-state index contributed by atoms with van der Waals surface area (Å²) in [5, 5.41) is 19.7. The first kappa shape index (κ1) is 22.0. The Morgan fingerprint density at radius 3 is 2.42 bits per heavy atom. The zero-order chi connectivity index (χ0) is 22.4. The maximum atomic E-state index is 10.9. The first-order valence-electron chi connectivity index (χ1n) is 8.98. The SMILES string of the molecule is COc1cc(C=Nc2ccc([N+](=O)[O-])cc2)cc(Br)c1OCc1ccc(C(=O)O)cc1. The standard InChI is InChI=1S/C22H17BrN2O6/c1-30-20-11-15(12-24-17-6-8-18(9-7-17)25(28)29)10-19(23)21(20)31-13-14-2-4-16(5-3-14)22(26)27/h2-12H,13H2,1H3,(H,26,27). The maximum Gasteiger partial charge on any atom is 0.335 e. The number of hydrogen-bond acceptors (Lipinski definition) is 6. The number of rotatable bonds is 8. The number of benzene rings is 3. The summed E-state index contributed by atoms with van der Waals surface area (Å²) in [6.07, 6.45) is 1.61. The molecule has 3 aromatic carbocycles. The minimum absolute atomic E-state index is 0.00228. The van der Waals surface area contributed by atoms with Crippen LogP contribution in [0.5, 0.6) is 11.5 Å². The summed E-state index contributed by atoms with van der Waals surface area (Å²) in [4.78, 5) is 25.5. The summed E-state index contributed by atoms with van der Waals surface area (Å²) in [5.74, 6) is 0.00170. The van der Waals surface area contributed by atoms with Gasteiger partial charge in [-0.15, -0.1) is 0 Å². The molecule has 8 nitrogen and oxygen atoms in total. The fourth-order valence-corrected chi connectivity index (χ4v) is 3.24. The van der Waals surface area contributed by atoms with Crippen molar-refractivity contribution in [2.24, 2.45) is 4.99 Å². The van der Waals surface area contributed by atoms with Gasteiger partial charge in [0.05, 0.1) is 27.8 Å². The Bertz CT molecular complexity index is 1130. The van der Waals surface area contributed by atoms with Crippen LogP contribution in [0.1, 0.15) is 21.5 Å². The summed E-state index contributed by atoms with van der Waals surface area (Å²) in [6, 6.07) is 15.9. The van der Waals surface area contributed by atoms with Crippen LogP contribution in [0.3, 0.4) is 0 Å². The average molecular weight is 485 g/mol. The van der Waals surface area contributed by atoms with Crippen LogP contribution < -0.4 is 9.47 Å². The molecule has 3 rings (SSSR count). The molecule has 31 heavy (non-hydrogen) atoms. The number of nitro groups is 1. The molecule has 9 heteroatoms. The lowest BCUT2D eigenvalue weighted by molar-refractivity contribution is -0.384. The third-order valence-corrected chi connectivity index (χ3v) is 4.85. The number of carboxylic acids is 1. The van der Waals surface area contributed by atoms with E-state index in [0.29, 0.717) is 21.7 Å². The van der Waals surface area contributed by atoms with E-state index in [2.05, 4.69) is 20.9 Å². The molecule has 0 spiro atoms. The van der Waals surface area contributed by atoms with Crippen LogP contribution in [-0.4, -0.2) is 29.3 Å². The molecule has 0 unspecified atom stereocenters. The van der Waals surface area contributed by atoms with Gasteiger partial charge in [0.15, 0.2) is 11.5 Å². The molecule has 0 saturated heterocycles. The van der Waals surface area contributed by atoms with Gasteiger partial charge in [0.25, 0.3) is 5.69 Å². The molecule has 0 heterocycles. The minimum atomic E-state index is -0.983. The number of hydrogen-bond donors (Lipinski definition) is 1. The van der Waals surface area contributed by atoms with E-state index in [9.17, 15) is 14.9 Å². The number of aromatic carboxylic acids is 1. The van der Waals surface area contributed by atoms with Crippen LogP contribution in [0.25, 0.3) is 0 Å². The lowest BCUT2D eigenvalue weighted by Gasteiger charge is -2.13. The van der Waals surface area contributed by atoms with Crippen molar-refractivity contribution in [1.82, 2.24) is 0 Å². The Morgan fingerprint density at radius 2 is 1.84 bits per heavy atom. The smallest absolute Gasteiger partial charge is 0.335 e. The number of methoxy groups -OCH3 is 1. The molecule has 0 atom stereocenters. The highest BCUT2D eigenvalue weighted by Crippen LogP contribution is 2.37. The van der Waals surface area contributed by atoms with Gasteiger partial charge in [-0.1, -0.05) is 12.1 Å². The van der Waals surface area contributed by atoms with E-state index < -0.39 is 10.9 Å². The van der Waals surface area contributed by atoms with Crippen molar-refractivity contribution in [2.45, 2.75) is 6.61 Å². The first-order chi connectivity index (χ1) is 14.9. The fourth-order valence-electron chi connectivity index (χ4n) is 2.66. The van der Waals surface area contributed by atoms with Crippen LogP contribution in [-0.2, 0) is 6.61 Å². The van der Waals surface area contributed by atoms with E-state index in [1.807, 2.05) is 0 Å². The van der Waals surface area contributed by atoms with Crippen LogP contribution in [0, 0.1) is 10.1 Å². The monoisotopic (exact) mass is 484 g/mol. The van der Waals surface area contributed by atoms with Crippen LogP contribution in [0.4, 0.5) is 11.4 Å². The van der Waals surface area contributed by atoms with Gasteiger partial charge >= 0.3 is 5.97 Å². The van der Waals surface area contributed by atoms with Crippen LogP contribution in [0.15, 0.2) is 70.1 Å². The second-order valence-electron chi connectivity index (χ2n) is 6.36. The second-order valence-corrected chi connectivity index (χ2v) is 7.21. The van der Waals surface area contributed by atoms with E-state index in [1.54, 1.807) is 42.6 Å². The Balaban J connectivity index is 1.74. The quantitative estimate of drug-likeness (QED) is 0.260. The predicted octanol–water partition coefficient (Wildman–Crippen LogP) is 5.39. The normalized spacial score (nSPS) is 10.8. The number of ether oxygens (including phenoxy) is 2. The van der Waals surface area contributed by atoms with Gasteiger partial charge in [0.1, 0.15) is 6.61 Å². The second kappa shape index (κ2) is 9.86. The van der Waals surface area contributed by atoms with Gasteiger partial charge in [-0.2, -0.15) is 0 Å². The highest BCUT2D eigenvalue weighted by atomic mass is 79.9. The Hall–Kier alpha value is -3.72. The molecule has 0 aromatic heterocycles. The number of non-ortho nitro benzene ring substituents is 1. The molecule has 0 aliphatic heterocycles. The molecule has 0 saturated carbocycles. The van der Waals surface area contributed by atoms with Gasteiger partial charge in [-0.05, 0) is 63.5 Å². The summed E-state index contributed by atoms with van der Waals surface area (Å²) in [7, 11) is 1.52. The van der Waals surface area contributed by atoms with Crippen molar-refractivity contribution in [2.75, 3.05) is 7.11 Å². The molecular weight excluding hydrogens is 468 g/mol. The average Bonchev–Trinajstić information content (AvgIpc) is 2.77. The van der Waals surface area contributed by atoms with Crippen molar-refractivity contribution in [3.8, 4) is 11.5 Å². The Morgan fingerprint density at radius 1 is 1.16 bits per heavy atom. The van der Waals surface area contributed by atoms with Crippen molar-refractivity contribution < 1.29 is 24.3 Å². The molecule has 0 aliphatic carbocycles. The molecule has 0 fully saturated rings. The highest BCUT2D eigenvalue weighted by Gasteiger charge is 2.12. The highest BCUT2D eigenvalue weighted by molar-refractivity contribution is 9.10. The minimum Gasteiger partial charge on any atom is -0.493 e. The van der Waals surface area contributed by atoms with Gasteiger partial charge in [-0.25, -0.2) is 4.79 Å². The summed E-state index contributed by atoms with van der Waals surface area (Å²) in [6.45, 7) is 0.227. The number of nitro benzene ring substituents is 1. The van der Waals surface area contributed by atoms with Crippen molar-refractivity contribution >= 4 is 39.5 Å². The molecule has 158 valence electrons. The Labute approximate surface area is 186 Å². The topological polar surface area (TPSA) is 111 Å². The number of halogens is 1. The van der Waals surface area contributed by atoms with E-state index in [1.165, 1.54) is 31.4 Å². The van der Waals surface area contributed by atoms with Crippen molar-refractivity contribution in [1.29, 1.82) is 0 Å². The molecule has 0 bridgehead atoms. The molecule has 0 amide bonds. The van der Waals surface area contributed by atoms with Gasteiger partial charge in [0, 0.05) is 18.3 Å². The third-order valence-electron chi connectivity index (χ3n) is 4.26. The van der Waals surface area contributed by atoms with E-state index in [0.717, 1.165) is 11.1 Å². The number of aliphatic imine (C=N–C) groups is 1. The molecule has 0 aliphatic rings.